The van der Waals surface area contributed by atoms with Gasteiger partial charge in [0, 0.05) is 11.6 Å². The lowest BCUT2D eigenvalue weighted by atomic mass is 10.3. The van der Waals surface area contributed by atoms with E-state index in [9.17, 15) is 9.59 Å². The Kier molecular flexibility index (Phi) is 4.27. The van der Waals surface area contributed by atoms with Crippen LogP contribution in [0.5, 0.6) is 0 Å². The molecule has 0 bridgehead atoms. The van der Waals surface area contributed by atoms with Crippen molar-refractivity contribution >= 4 is 55.7 Å². The third kappa shape index (κ3) is 3.06. The first-order chi connectivity index (χ1) is 10.5. The van der Waals surface area contributed by atoms with E-state index in [1.54, 1.807) is 18.5 Å². The summed E-state index contributed by atoms with van der Waals surface area (Å²) in [5.41, 5.74) is 0.749. The Morgan fingerprint density at radius 3 is 3.00 bits per heavy atom. The number of fused-ring (bicyclic) bond motifs is 1. The molecule has 0 aliphatic rings. The topological polar surface area (TPSA) is 87.7 Å². The van der Waals surface area contributed by atoms with Crippen LogP contribution < -0.4 is 10.9 Å². The van der Waals surface area contributed by atoms with E-state index in [2.05, 4.69) is 20.3 Å². The molecule has 0 aliphatic heterocycles. The number of aromatic amines is 1. The second-order valence-electron chi connectivity index (χ2n) is 4.56. The molecule has 0 saturated heterocycles. The van der Waals surface area contributed by atoms with Crippen LogP contribution in [0.1, 0.15) is 12.5 Å². The number of thioether (sulfide) groups is 1. The monoisotopic (exact) mass is 352 g/mol. The Bertz CT molecular complexity index is 869. The van der Waals surface area contributed by atoms with Crippen LogP contribution in [0.4, 0.5) is 5.13 Å². The Morgan fingerprint density at radius 1 is 1.45 bits per heavy atom. The summed E-state index contributed by atoms with van der Waals surface area (Å²) in [6, 6.07) is 0. The number of amides is 1. The van der Waals surface area contributed by atoms with Crippen LogP contribution in [-0.4, -0.2) is 26.1 Å². The van der Waals surface area contributed by atoms with Crippen LogP contribution in [0.3, 0.4) is 0 Å². The van der Waals surface area contributed by atoms with Gasteiger partial charge in [0.05, 0.1) is 10.6 Å². The van der Waals surface area contributed by atoms with Crippen LogP contribution in [0.25, 0.3) is 10.2 Å². The Balaban J connectivity index is 1.77. The number of nitrogens with one attached hydrogen (secondary N) is 2. The molecule has 1 amide bonds. The van der Waals surface area contributed by atoms with Gasteiger partial charge in [-0.3, -0.25) is 9.59 Å². The molecule has 0 saturated carbocycles. The second kappa shape index (κ2) is 6.19. The van der Waals surface area contributed by atoms with Crippen LogP contribution in [0.2, 0.25) is 0 Å². The van der Waals surface area contributed by atoms with Gasteiger partial charge >= 0.3 is 0 Å². The summed E-state index contributed by atoms with van der Waals surface area (Å²) in [5.74, 6) is -0.176. The number of hydrogen-bond acceptors (Lipinski definition) is 7. The highest BCUT2D eigenvalue weighted by atomic mass is 32.2. The van der Waals surface area contributed by atoms with Gasteiger partial charge in [-0.25, -0.2) is 9.97 Å². The van der Waals surface area contributed by atoms with E-state index in [1.165, 1.54) is 34.4 Å². The van der Waals surface area contributed by atoms with Crippen molar-refractivity contribution in [2.45, 2.75) is 24.3 Å². The molecular formula is C13H12N4O2S3. The Morgan fingerprint density at radius 2 is 2.27 bits per heavy atom. The molecular weight excluding hydrogens is 340 g/mol. The van der Waals surface area contributed by atoms with Crippen LogP contribution in [-0.2, 0) is 4.79 Å². The first-order valence-electron chi connectivity index (χ1n) is 6.39. The van der Waals surface area contributed by atoms with Crippen molar-refractivity contribution in [3.05, 3.63) is 32.9 Å². The standard InChI is InChI=1S/C13H12N4O2S3/c1-6-5-21-11-8(6)10(19)16-13(17-11)22-7(2)9(18)15-12-14-3-4-20-12/h3-5,7H,1-2H3,(H,14,15,18)(H,16,17,19). The molecule has 3 aromatic heterocycles. The largest absolute Gasteiger partial charge is 0.301 e. The molecule has 1 unspecified atom stereocenters. The lowest BCUT2D eigenvalue weighted by Crippen LogP contribution is -2.23. The van der Waals surface area contributed by atoms with Gasteiger partial charge in [-0.1, -0.05) is 11.8 Å². The maximum Gasteiger partial charge on any atom is 0.260 e. The minimum atomic E-state index is -0.398. The molecule has 3 aromatic rings. The molecule has 0 fully saturated rings. The first kappa shape index (κ1) is 15.2. The molecule has 3 heterocycles. The molecule has 0 spiro atoms. The maximum atomic E-state index is 12.1. The molecule has 9 heteroatoms. The summed E-state index contributed by atoms with van der Waals surface area (Å²) in [4.78, 5) is 36.0. The predicted octanol–water partition coefficient (Wildman–Crippen LogP) is 2.87. The zero-order valence-corrected chi connectivity index (χ0v) is 14.2. The third-order valence-electron chi connectivity index (χ3n) is 2.93. The molecule has 2 N–H and O–H groups in total. The zero-order valence-electron chi connectivity index (χ0n) is 11.7. The molecule has 6 nitrogen and oxygen atoms in total. The fourth-order valence-corrected chi connectivity index (χ4v) is 4.15. The molecule has 0 aromatic carbocycles. The first-order valence-corrected chi connectivity index (χ1v) is 9.03. The van der Waals surface area contributed by atoms with Crippen LogP contribution in [0.15, 0.2) is 26.9 Å². The third-order valence-corrected chi connectivity index (χ3v) is 5.59. The Hall–Kier alpha value is -1.71. The average Bonchev–Trinajstić information content (AvgIpc) is 3.09. The van der Waals surface area contributed by atoms with Crippen LogP contribution >= 0.6 is 34.4 Å². The van der Waals surface area contributed by atoms with Gasteiger partial charge in [0.25, 0.3) is 5.56 Å². The summed E-state index contributed by atoms with van der Waals surface area (Å²) < 4.78 is 0. The van der Waals surface area contributed by atoms with Crippen molar-refractivity contribution in [3.63, 3.8) is 0 Å². The van der Waals surface area contributed by atoms with E-state index < -0.39 is 5.25 Å². The molecule has 22 heavy (non-hydrogen) atoms. The summed E-state index contributed by atoms with van der Waals surface area (Å²) >= 11 is 4.00. The highest BCUT2D eigenvalue weighted by molar-refractivity contribution is 8.00. The van der Waals surface area contributed by atoms with Gasteiger partial charge in [0.2, 0.25) is 5.91 Å². The number of hydrogen-bond donors (Lipinski definition) is 2. The summed E-state index contributed by atoms with van der Waals surface area (Å²) in [7, 11) is 0. The van der Waals surface area contributed by atoms with E-state index in [0.29, 0.717) is 20.5 Å². The summed E-state index contributed by atoms with van der Waals surface area (Å²) in [6.07, 6.45) is 1.63. The lowest BCUT2D eigenvalue weighted by molar-refractivity contribution is -0.115. The molecule has 1 atom stereocenters. The normalized spacial score (nSPS) is 12.5. The number of carbonyl (C=O) groups excluding carboxylic acids is 1. The highest BCUT2D eigenvalue weighted by Crippen LogP contribution is 2.25. The molecule has 3 rings (SSSR count). The van der Waals surface area contributed by atoms with E-state index in [4.69, 9.17) is 0 Å². The van der Waals surface area contributed by atoms with Crippen molar-refractivity contribution in [2.24, 2.45) is 0 Å². The van der Waals surface area contributed by atoms with Gasteiger partial charge in [-0.2, -0.15) is 0 Å². The predicted molar refractivity (Wildman–Crippen MR) is 91.0 cm³/mol. The van der Waals surface area contributed by atoms with Crippen molar-refractivity contribution in [2.75, 3.05) is 5.32 Å². The number of rotatable bonds is 4. The fourth-order valence-electron chi connectivity index (χ4n) is 1.84. The number of aryl methyl sites for hydroxylation is 1. The number of anilines is 1. The maximum absolute atomic E-state index is 12.1. The van der Waals surface area contributed by atoms with Gasteiger partial charge in [-0.15, -0.1) is 22.7 Å². The molecule has 0 radical (unpaired) electrons. The highest BCUT2D eigenvalue weighted by Gasteiger charge is 2.18. The minimum absolute atomic E-state index is 0.168. The Labute approximate surface area is 138 Å². The minimum Gasteiger partial charge on any atom is -0.301 e. The number of carbonyl (C=O) groups is 1. The molecule has 0 aliphatic carbocycles. The summed E-state index contributed by atoms with van der Waals surface area (Å²) in [5, 5.41) is 7.65. The average molecular weight is 352 g/mol. The van der Waals surface area contributed by atoms with E-state index in [1.807, 2.05) is 12.3 Å². The van der Waals surface area contributed by atoms with Gasteiger partial charge in [-0.05, 0) is 24.8 Å². The lowest BCUT2D eigenvalue weighted by Gasteiger charge is -2.09. The van der Waals surface area contributed by atoms with E-state index in [-0.39, 0.29) is 11.5 Å². The number of H-pyrrole nitrogens is 1. The molecule has 114 valence electrons. The van der Waals surface area contributed by atoms with Crippen molar-refractivity contribution < 1.29 is 4.79 Å². The van der Waals surface area contributed by atoms with Crippen molar-refractivity contribution in [1.82, 2.24) is 15.0 Å². The van der Waals surface area contributed by atoms with Gasteiger partial charge in [0.1, 0.15) is 4.83 Å². The van der Waals surface area contributed by atoms with Crippen molar-refractivity contribution in [3.8, 4) is 0 Å². The SMILES string of the molecule is Cc1csc2nc(SC(C)C(=O)Nc3nccs3)[nH]c(=O)c12. The van der Waals surface area contributed by atoms with E-state index in [0.717, 1.165) is 5.56 Å². The van der Waals surface area contributed by atoms with Crippen molar-refractivity contribution in [1.29, 1.82) is 0 Å². The van der Waals surface area contributed by atoms with Gasteiger partial charge in [0.15, 0.2) is 10.3 Å². The number of nitrogens with zero attached hydrogens (tertiary/aromatic N) is 2. The van der Waals surface area contributed by atoms with Crippen LogP contribution in [0, 0.1) is 6.92 Å². The quantitative estimate of drug-likeness (QED) is 0.557. The van der Waals surface area contributed by atoms with Gasteiger partial charge < -0.3 is 10.3 Å². The second-order valence-corrected chi connectivity index (χ2v) is 7.64. The number of thiazole rings is 1. The zero-order chi connectivity index (χ0) is 15.7. The number of thiophene rings is 1. The fraction of sp³-hybridized carbons (Fsp3) is 0.231. The smallest absolute Gasteiger partial charge is 0.260 e. The number of aromatic nitrogens is 3. The summed E-state index contributed by atoms with van der Waals surface area (Å²) in [6.45, 7) is 3.64. The van der Waals surface area contributed by atoms with E-state index >= 15 is 0 Å².